The number of carbonyl (C=O) groups excluding carboxylic acids is 1. The van der Waals surface area contributed by atoms with E-state index in [1.807, 2.05) is 6.92 Å². The van der Waals surface area contributed by atoms with Gasteiger partial charge >= 0.3 is 0 Å². The average molecular weight is 338 g/mol. The Labute approximate surface area is 139 Å². The van der Waals surface area contributed by atoms with E-state index in [1.54, 1.807) is 0 Å². The molecule has 0 radical (unpaired) electrons. The predicted molar refractivity (Wildman–Crippen MR) is 92.1 cm³/mol. The molecule has 1 N–H and O–H groups in total. The van der Waals surface area contributed by atoms with Crippen molar-refractivity contribution in [2.24, 2.45) is 0 Å². The summed E-state index contributed by atoms with van der Waals surface area (Å²) in [5.41, 5.74) is 3.65. The van der Waals surface area contributed by atoms with Gasteiger partial charge in [0.2, 0.25) is 5.91 Å². The molecule has 1 aliphatic heterocycles. The van der Waals surface area contributed by atoms with Crippen molar-refractivity contribution in [2.75, 3.05) is 24.6 Å². The molecule has 1 aromatic rings. The van der Waals surface area contributed by atoms with Crippen LogP contribution in [0.3, 0.4) is 0 Å². The van der Waals surface area contributed by atoms with Crippen LogP contribution < -0.4 is 5.32 Å². The van der Waals surface area contributed by atoms with E-state index in [1.165, 1.54) is 16.7 Å². The first-order chi connectivity index (χ1) is 10.8. The quantitative estimate of drug-likeness (QED) is 0.852. The molecule has 1 fully saturated rings. The summed E-state index contributed by atoms with van der Waals surface area (Å²) in [5, 5.41) is 2.85. The van der Waals surface area contributed by atoms with Gasteiger partial charge in [-0.3, -0.25) is 9.69 Å². The fraction of sp³-hybridized carbons (Fsp3) is 0.588. The van der Waals surface area contributed by atoms with Gasteiger partial charge in [-0.15, -0.1) is 0 Å². The monoisotopic (exact) mass is 338 g/mol. The number of aryl methyl sites for hydroxylation is 2. The van der Waals surface area contributed by atoms with Crippen molar-refractivity contribution in [2.45, 2.75) is 39.8 Å². The second-order valence-corrected chi connectivity index (χ2v) is 8.63. The molecule has 0 spiro atoms. The summed E-state index contributed by atoms with van der Waals surface area (Å²) in [7, 11) is -2.96. The number of likely N-dealkylation sites (N-methyl/N-ethyl adjacent to an activating group) is 1. The highest BCUT2D eigenvalue weighted by Gasteiger charge is 2.29. The lowest BCUT2D eigenvalue weighted by Crippen LogP contribution is -2.42. The van der Waals surface area contributed by atoms with E-state index in [9.17, 15) is 13.2 Å². The summed E-state index contributed by atoms with van der Waals surface area (Å²) in [4.78, 5) is 14.2. The molecule has 0 saturated carbocycles. The van der Waals surface area contributed by atoms with Gasteiger partial charge in [-0.05, 0) is 37.9 Å². The molecule has 1 amide bonds. The Morgan fingerprint density at radius 3 is 2.70 bits per heavy atom. The van der Waals surface area contributed by atoms with Gasteiger partial charge in [0.15, 0.2) is 9.84 Å². The van der Waals surface area contributed by atoms with Crippen molar-refractivity contribution >= 4 is 15.7 Å². The van der Waals surface area contributed by atoms with Crippen LogP contribution in [0.1, 0.15) is 30.0 Å². The third kappa shape index (κ3) is 5.32. The van der Waals surface area contributed by atoms with Crippen LogP contribution in [0.2, 0.25) is 0 Å². The number of sulfone groups is 1. The highest BCUT2D eigenvalue weighted by Crippen LogP contribution is 2.14. The van der Waals surface area contributed by atoms with E-state index < -0.39 is 9.84 Å². The molecule has 0 unspecified atom stereocenters. The standard InChI is InChI=1S/C17H26N2O3S/c1-4-19(10-15-9-13(2)5-6-14(15)3)11-17(20)18-16-7-8-23(21,22)12-16/h5-6,9,16H,4,7-8,10-12H2,1-3H3,(H,18,20)/t16-/m0/s1. The number of rotatable bonds is 6. The number of nitrogens with zero attached hydrogens (tertiary/aromatic N) is 1. The minimum Gasteiger partial charge on any atom is -0.351 e. The van der Waals surface area contributed by atoms with E-state index in [0.717, 1.165) is 13.1 Å². The van der Waals surface area contributed by atoms with E-state index in [0.29, 0.717) is 13.0 Å². The number of amides is 1. The molecular weight excluding hydrogens is 312 g/mol. The van der Waals surface area contributed by atoms with Crippen molar-refractivity contribution < 1.29 is 13.2 Å². The maximum atomic E-state index is 12.2. The Morgan fingerprint density at radius 2 is 2.09 bits per heavy atom. The first kappa shape index (κ1) is 17.9. The number of nitrogens with one attached hydrogen (secondary N) is 1. The van der Waals surface area contributed by atoms with Gasteiger partial charge in [-0.2, -0.15) is 0 Å². The molecule has 128 valence electrons. The van der Waals surface area contributed by atoms with E-state index in [2.05, 4.69) is 42.3 Å². The zero-order valence-electron chi connectivity index (χ0n) is 14.1. The summed E-state index contributed by atoms with van der Waals surface area (Å²) in [6.45, 7) is 7.95. The first-order valence-corrected chi connectivity index (χ1v) is 9.89. The summed E-state index contributed by atoms with van der Waals surface area (Å²) in [5.74, 6) is 0.152. The lowest BCUT2D eigenvalue weighted by atomic mass is 10.1. The Bertz CT molecular complexity index is 670. The summed E-state index contributed by atoms with van der Waals surface area (Å²) in [6, 6.07) is 6.11. The third-order valence-corrected chi connectivity index (χ3v) is 6.08. The van der Waals surface area contributed by atoms with Gasteiger partial charge in [0.25, 0.3) is 0 Å². The van der Waals surface area contributed by atoms with Crippen LogP contribution in [-0.4, -0.2) is 49.9 Å². The minimum atomic E-state index is -2.96. The normalized spacial score (nSPS) is 19.9. The van der Waals surface area contributed by atoms with Crippen molar-refractivity contribution in [1.82, 2.24) is 10.2 Å². The van der Waals surface area contributed by atoms with Gasteiger partial charge in [0.1, 0.15) is 0 Å². The second kappa shape index (κ2) is 7.45. The lowest BCUT2D eigenvalue weighted by molar-refractivity contribution is -0.122. The number of carbonyl (C=O) groups is 1. The lowest BCUT2D eigenvalue weighted by Gasteiger charge is -2.22. The molecule has 5 nitrogen and oxygen atoms in total. The molecule has 0 aromatic heterocycles. The van der Waals surface area contributed by atoms with Crippen LogP contribution in [0.25, 0.3) is 0 Å². The average Bonchev–Trinajstić information content (AvgIpc) is 2.80. The fourth-order valence-corrected chi connectivity index (χ4v) is 4.55. The van der Waals surface area contributed by atoms with Gasteiger partial charge in [0, 0.05) is 12.6 Å². The molecule has 23 heavy (non-hydrogen) atoms. The van der Waals surface area contributed by atoms with Crippen LogP contribution >= 0.6 is 0 Å². The topological polar surface area (TPSA) is 66.5 Å². The molecule has 1 atom stereocenters. The second-order valence-electron chi connectivity index (χ2n) is 6.40. The van der Waals surface area contributed by atoms with Crippen molar-refractivity contribution in [3.8, 4) is 0 Å². The maximum absolute atomic E-state index is 12.2. The maximum Gasteiger partial charge on any atom is 0.234 e. The van der Waals surface area contributed by atoms with Crippen molar-refractivity contribution in [1.29, 1.82) is 0 Å². The molecule has 2 rings (SSSR count). The zero-order valence-corrected chi connectivity index (χ0v) is 14.9. The predicted octanol–water partition coefficient (Wildman–Crippen LogP) is 1.43. The first-order valence-electron chi connectivity index (χ1n) is 8.07. The fourth-order valence-electron chi connectivity index (χ4n) is 2.88. The molecule has 0 bridgehead atoms. The molecule has 1 aliphatic rings. The van der Waals surface area contributed by atoms with Crippen molar-refractivity contribution in [3.05, 3.63) is 34.9 Å². The van der Waals surface area contributed by atoms with E-state index in [-0.39, 0.29) is 23.5 Å². The number of benzene rings is 1. The molecule has 6 heteroatoms. The van der Waals surface area contributed by atoms with Gasteiger partial charge < -0.3 is 5.32 Å². The van der Waals surface area contributed by atoms with E-state index in [4.69, 9.17) is 0 Å². The number of hydrogen-bond donors (Lipinski definition) is 1. The van der Waals surface area contributed by atoms with Gasteiger partial charge in [0.05, 0.1) is 18.1 Å². The molecule has 1 saturated heterocycles. The molecular formula is C17H26N2O3S. The third-order valence-electron chi connectivity index (χ3n) is 4.31. The molecule has 1 aromatic carbocycles. The van der Waals surface area contributed by atoms with Crippen LogP contribution in [0, 0.1) is 13.8 Å². The summed E-state index contributed by atoms with van der Waals surface area (Å²) >= 11 is 0. The smallest absolute Gasteiger partial charge is 0.234 e. The zero-order chi connectivity index (χ0) is 17.0. The minimum absolute atomic E-state index is 0.0713. The van der Waals surface area contributed by atoms with E-state index >= 15 is 0 Å². The van der Waals surface area contributed by atoms with Crippen LogP contribution in [0.5, 0.6) is 0 Å². The SMILES string of the molecule is CCN(CC(=O)N[C@H]1CCS(=O)(=O)C1)Cc1cc(C)ccc1C. The highest BCUT2D eigenvalue weighted by molar-refractivity contribution is 7.91. The van der Waals surface area contributed by atoms with Crippen LogP contribution in [-0.2, 0) is 21.2 Å². The Balaban J connectivity index is 1.91. The Morgan fingerprint density at radius 1 is 1.35 bits per heavy atom. The van der Waals surface area contributed by atoms with Crippen molar-refractivity contribution in [3.63, 3.8) is 0 Å². The number of hydrogen-bond acceptors (Lipinski definition) is 4. The molecule has 1 heterocycles. The van der Waals surface area contributed by atoms with Crippen LogP contribution in [0.4, 0.5) is 0 Å². The highest BCUT2D eigenvalue weighted by atomic mass is 32.2. The Kier molecular flexibility index (Phi) is 5.81. The largest absolute Gasteiger partial charge is 0.351 e. The van der Waals surface area contributed by atoms with Crippen LogP contribution in [0.15, 0.2) is 18.2 Å². The summed E-state index contributed by atoms with van der Waals surface area (Å²) < 4.78 is 22.9. The molecule has 0 aliphatic carbocycles. The van der Waals surface area contributed by atoms with Gasteiger partial charge in [-0.1, -0.05) is 30.7 Å². The van der Waals surface area contributed by atoms with Gasteiger partial charge in [-0.25, -0.2) is 8.42 Å². The summed E-state index contributed by atoms with van der Waals surface area (Å²) in [6.07, 6.45) is 0.525. The Hall–Kier alpha value is -1.40.